The van der Waals surface area contributed by atoms with Crippen molar-refractivity contribution in [1.82, 2.24) is 5.32 Å². The Kier molecular flexibility index (Phi) is 4.46. The Morgan fingerprint density at radius 2 is 2.23 bits per heavy atom. The lowest BCUT2D eigenvalue weighted by molar-refractivity contribution is 0.0861. The van der Waals surface area contributed by atoms with E-state index in [0.717, 1.165) is 19.3 Å². The van der Waals surface area contributed by atoms with Crippen molar-refractivity contribution in [3.63, 3.8) is 0 Å². The molecule has 0 bridgehead atoms. The third-order valence-electron chi connectivity index (χ3n) is 2.75. The van der Waals surface area contributed by atoms with Crippen molar-refractivity contribution >= 4 is 0 Å². The van der Waals surface area contributed by atoms with Crippen LogP contribution < -0.4 is 5.32 Å². The summed E-state index contributed by atoms with van der Waals surface area (Å²) in [7, 11) is 0. The molecule has 13 heavy (non-hydrogen) atoms. The number of rotatable bonds is 4. The molecule has 1 rings (SSSR count). The van der Waals surface area contributed by atoms with Crippen molar-refractivity contribution in [3.8, 4) is 0 Å². The average molecular weight is 183 g/mol. The van der Waals surface area contributed by atoms with E-state index in [0.29, 0.717) is 12.1 Å². The van der Waals surface area contributed by atoms with E-state index in [1.165, 1.54) is 12.8 Å². The van der Waals surface area contributed by atoms with Crippen LogP contribution in [0.1, 0.15) is 39.0 Å². The van der Waals surface area contributed by atoms with Gasteiger partial charge in [-0.25, -0.2) is 0 Å². The molecule has 2 N–H and O–H groups in total. The smallest absolute Gasteiger partial charge is 0.0693 e. The number of nitrogens with one attached hydrogen (secondary N) is 1. The first-order valence-corrected chi connectivity index (χ1v) is 5.29. The normalized spacial score (nSPS) is 31.2. The second-order valence-corrected chi connectivity index (χ2v) is 4.05. The number of aliphatic hydroxyl groups is 1. The minimum atomic E-state index is -0.138. The van der Waals surface area contributed by atoms with Crippen LogP contribution in [0.3, 0.4) is 0 Å². The van der Waals surface area contributed by atoms with Crippen LogP contribution in [-0.2, 0) is 0 Å². The van der Waals surface area contributed by atoms with Gasteiger partial charge in [0.1, 0.15) is 0 Å². The Morgan fingerprint density at radius 3 is 2.85 bits per heavy atom. The van der Waals surface area contributed by atoms with Crippen LogP contribution in [0.2, 0.25) is 0 Å². The molecular weight excluding hydrogens is 162 g/mol. The third-order valence-corrected chi connectivity index (χ3v) is 2.75. The van der Waals surface area contributed by atoms with E-state index in [-0.39, 0.29) is 6.10 Å². The first-order chi connectivity index (χ1) is 6.24. The van der Waals surface area contributed by atoms with Crippen LogP contribution in [0.25, 0.3) is 0 Å². The van der Waals surface area contributed by atoms with E-state index in [9.17, 15) is 5.11 Å². The Morgan fingerprint density at radius 1 is 1.54 bits per heavy atom. The molecule has 0 amide bonds. The molecule has 1 aliphatic rings. The molecule has 0 aromatic rings. The Hall–Kier alpha value is -0.340. The van der Waals surface area contributed by atoms with Crippen molar-refractivity contribution in [3.05, 3.63) is 12.7 Å². The molecule has 3 atom stereocenters. The van der Waals surface area contributed by atoms with Crippen LogP contribution in [0.15, 0.2) is 12.7 Å². The molecule has 0 heterocycles. The van der Waals surface area contributed by atoms with E-state index in [1.54, 1.807) is 0 Å². The molecular formula is C11H21NO. The van der Waals surface area contributed by atoms with Gasteiger partial charge in [0, 0.05) is 12.1 Å². The number of hydrogen-bond donors (Lipinski definition) is 2. The lowest BCUT2D eigenvalue weighted by Gasteiger charge is -2.30. The molecule has 0 radical (unpaired) electrons. The summed E-state index contributed by atoms with van der Waals surface area (Å²) in [6, 6.07) is 0.749. The van der Waals surface area contributed by atoms with Gasteiger partial charge in [-0.3, -0.25) is 0 Å². The molecule has 1 aliphatic carbocycles. The van der Waals surface area contributed by atoms with Gasteiger partial charge in [0.25, 0.3) is 0 Å². The van der Waals surface area contributed by atoms with Crippen LogP contribution in [0.5, 0.6) is 0 Å². The van der Waals surface area contributed by atoms with Gasteiger partial charge < -0.3 is 10.4 Å². The molecule has 2 nitrogen and oxygen atoms in total. The predicted molar refractivity (Wildman–Crippen MR) is 55.7 cm³/mol. The summed E-state index contributed by atoms with van der Waals surface area (Å²) in [5.41, 5.74) is 0. The highest BCUT2D eigenvalue weighted by atomic mass is 16.3. The highest BCUT2D eigenvalue weighted by Crippen LogP contribution is 2.18. The molecule has 0 aromatic carbocycles. The monoisotopic (exact) mass is 183 g/mol. The fourth-order valence-corrected chi connectivity index (χ4v) is 1.99. The lowest BCUT2D eigenvalue weighted by Crippen LogP contribution is -2.45. The van der Waals surface area contributed by atoms with Crippen molar-refractivity contribution in [1.29, 1.82) is 0 Å². The zero-order valence-electron chi connectivity index (χ0n) is 8.50. The Bertz CT molecular complexity index is 158. The van der Waals surface area contributed by atoms with E-state index >= 15 is 0 Å². The molecule has 0 spiro atoms. The van der Waals surface area contributed by atoms with Crippen molar-refractivity contribution < 1.29 is 5.11 Å². The number of hydrogen-bond acceptors (Lipinski definition) is 2. The molecule has 3 unspecified atom stereocenters. The van der Waals surface area contributed by atoms with Gasteiger partial charge in [0.05, 0.1) is 6.10 Å². The standard InChI is InChI=1S/C11H21NO/c1-3-6-9(2)12-10-7-4-5-8-11(10)13/h3,9-13H,1,4-8H2,2H3. The summed E-state index contributed by atoms with van der Waals surface area (Å²) in [6.45, 7) is 5.85. The topological polar surface area (TPSA) is 32.3 Å². The zero-order valence-corrected chi connectivity index (χ0v) is 8.50. The maximum absolute atomic E-state index is 9.70. The lowest BCUT2D eigenvalue weighted by atomic mass is 9.92. The molecule has 1 saturated carbocycles. The molecule has 1 fully saturated rings. The van der Waals surface area contributed by atoms with Gasteiger partial charge in [-0.05, 0) is 26.2 Å². The molecule has 0 aliphatic heterocycles. The summed E-state index contributed by atoms with van der Waals surface area (Å²) in [4.78, 5) is 0. The maximum Gasteiger partial charge on any atom is 0.0693 e. The highest BCUT2D eigenvalue weighted by Gasteiger charge is 2.23. The van der Waals surface area contributed by atoms with E-state index in [1.807, 2.05) is 6.08 Å². The fraction of sp³-hybridized carbons (Fsp3) is 0.818. The van der Waals surface area contributed by atoms with Crippen LogP contribution in [0, 0.1) is 0 Å². The van der Waals surface area contributed by atoms with Crippen LogP contribution in [0.4, 0.5) is 0 Å². The summed E-state index contributed by atoms with van der Waals surface area (Å²) >= 11 is 0. The van der Waals surface area contributed by atoms with Crippen molar-refractivity contribution in [2.45, 2.75) is 57.2 Å². The van der Waals surface area contributed by atoms with E-state index < -0.39 is 0 Å². The summed E-state index contributed by atoms with van der Waals surface area (Å²) in [5.74, 6) is 0. The largest absolute Gasteiger partial charge is 0.392 e. The van der Waals surface area contributed by atoms with Gasteiger partial charge >= 0.3 is 0 Å². The van der Waals surface area contributed by atoms with Gasteiger partial charge in [-0.2, -0.15) is 0 Å². The zero-order chi connectivity index (χ0) is 9.68. The third kappa shape index (κ3) is 3.49. The van der Waals surface area contributed by atoms with Crippen molar-refractivity contribution in [2.24, 2.45) is 0 Å². The second-order valence-electron chi connectivity index (χ2n) is 4.05. The van der Waals surface area contributed by atoms with Crippen LogP contribution >= 0.6 is 0 Å². The quantitative estimate of drug-likeness (QED) is 0.652. The SMILES string of the molecule is C=CCC(C)NC1CCCCC1O. The van der Waals surface area contributed by atoms with Gasteiger partial charge in [-0.15, -0.1) is 6.58 Å². The van der Waals surface area contributed by atoms with Gasteiger partial charge in [-0.1, -0.05) is 18.9 Å². The van der Waals surface area contributed by atoms with Crippen molar-refractivity contribution in [2.75, 3.05) is 0 Å². The summed E-state index contributed by atoms with van der Waals surface area (Å²) in [6.07, 6.45) is 7.25. The van der Waals surface area contributed by atoms with Gasteiger partial charge in [0.2, 0.25) is 0 Å². The highest BCUT2D eigenvalue weighted by molar-refractivity contribution is 4.84. The van der Waals surface area contributed by atoms with E-state index in [2.05, 4.69) is 18.8 Å². The molecule has 2 heteroatoms. The molecule has 0 aromatic heterocycles. The summed E-state index contributed by atoms with van der Waals surface area (Å²) in [5, 5.41) is 13.1. The van der Waals surface area contributed by atoms with E-state index in [4.69, 9.17) is 0 Å². The molecule has 0 saturated heterocycles. The summed E-state index contributed by atoms with van der Waals surface area (Å²) < 4.78 is 0. The Balaban J connectivity index is 2.28. The Labute approximate surface area is 81.0 Å². The first-order valence-electron chi connectivity index (χ1n) is 5.29. The minimum absolute atomic E-state index is 0.138. The first kappa shape index (κ1) is 10.7. The fourth-order valence-electron chi connectivity index (χ4n) is 1.99. The van der Waals surface area contributed by atoms with Crippen LogP contribution in [-0.4, -0.2) is 23.3 Å². The predicted octanol–water partition coefficient (Wildman–Crippen LogP) is 1.84. The minimum Gasteiger partial charge on any atom is -0.392 e. The average Bonchev–Trinajstić information content (AvgIpc) is 2.09. The second kappa shape index (κ2) is 5.40. The van der Waals surface area contributed by atoms with Gasteiger partial charge in [0.15, 0.2) is 0 Å². The molecule has 76 valence electrons. The number of aliphatic hydroxyl groups excluding tert-OH is 1. The maximum atomic E-state index is 9.70.